The molecular weight excluding hydrogens is 296 g/mol. The zero-order chi connectivity index (χ0) is 17.0. The second-order valence-electron chi connectivity index (χ2n) is 7.14. The maximum atomic E-state index is 12.6. The molecule has 1 aliphatic heterocycles. The van der Waals surface area contributed by atoms with Gasteiger partial charge in [0.15, 0.2) is 0 Å². The minimum absolute atomic E-state index is 0.0398. The van der Waals surface area contributed by atoms with Gasteiger partial charge < -0.3 is 15.0 Å². The van der Waals surface area contributed by atoms with Crippen molar-refractivity contribution in [3.63, 3.8) is 0 Å². The van der Waals surface area contributed by atoms with Gasteiger partial charge >= 0.3 is 6.09 Å². The fourth-order valence-electron chi connectivity index (χ4n) is 2.76. The Hall–Kier alpha value is -2.05. The third-order valence-corrected chi connectivity index (χ3v) is 3.85. The van der Waals surface area contributed by atoms with Crippen molar-refractivity contribution in [2.45, 2.75) is 52.2 Å². The fourth-order valence-corrected chi connectivity index (χ4v) is 2.76. The molecule has 23 heavy (non-hydrogen) atoms. The number of hydrogen-bond donors (Lipinski definition) is 2. The number of ether oxygens (including phenoxy) is 1. The summed E-state index contributed by atoms with van der Waals surface area (Å²) in [5, 5.41) is 9.32. The Labute approximate surface area is 136 Å². The molecule has 0 aromatic carbocycles. The van der Waals surface area contributed by atoms with Gasteiger partial charge in [0, 0.05) is 25.3 Å². The third-order valence-electron chi connectivity index (χ3n) is 3.85. The number of amides is 2. The number of carbonyl (C=O) groups is 2. The van der Waals surface area contributed by atoms with E-state index in [2.05, 4.69) is 22.4 Å². The first-order chi connectivity index (χ1) is 10.8. The topological polar surface area (TPSA) is 87.3 Å². The second-order valence-corrected chi connectivity index (χ2v) is 7.14. The number of piperidine rings is 1. The molecule has 1 aliphatic rings. The lowest BCUT2D eigenvalue weighted by Gasteiger charge is -2.38. The Balaban J connectivity index is 1.98. The summed E-state index contributed by atoms with van der Waals surface area (Å²) in [6.45, 7) is 8.70. The number of aromatic amines is 1. The van der Waals surface area contributed by atoms with Gasteiger partial charge in [-0.25, -0.2) is 4.79 Å². The van der Waals surface area contributed by atoms with E-state index in [0.29, 0.717) is 24.7 Å². The van der Waals surface area contributed by atoms with Gasteiger partial charge in [-0.2, -0.15) is 5.10 Å². The van der Waals surface area contributed by atoms with Gasteiger partial charge in [0.1, 0.15) is 11.3 Å². The van der Waals surface area contributed by atoms with Crippen LogP contribution in [0, 0.1) is 5.92 Å². The first-order valence-corrected chi connectivity index (χ1v) is 8.03. The molecule has 0 unspecified atom stereocenters. The number of hydrogen-bond acceptors (Lipinski definition) is 4. The van der Waals surface area contributed by atoms with Crippen LogP contribution in [-0.4, -0.2) is 51.8 Å². The molecule has 0 saturated carbocycles. The molecule has 7 nitrogen and oxygen atoms in total. The highest BCUT2D eigenvalue weighted by atomic mass is 16.6. The lowest BCUT2D eigenvalue weighted by atomic mass is 9.92. The van der Waals surface area contributed by atoms with Crippen molar-refractivity contribution in [2.75, 3.05) is 13.1 Å². The zero-order valence-electron chi connectivity index (χ0n) is 14.3. The molecule has 128 valence electrons. The molecule has 0 bridgehead atoms. The maximum absolute atomic E-state index is 12.6. The average molecular weight is 322 g/mol. The van der Waals surface area contributed by atoms with E-state index in [4.69, 9.17) is 4.74 Å². The number of nitrogens with zero attached hydrogens (tertiary/aromatic N) is 2. The van der Waals surface area contributed by atoms with Crippen LogP contribution in [0.5, 0.6) is 0 Å². The minimum atomic E-state index is -0.532. The van der Waals surface area contributed by atoms with E-state index in [1.165, 1.54) is 0 Å². The summed E-state index contributed by atoms with van der Waals surface area (Å²) in [6, 6.07) is 1.63. The highest BCUT2D eigenvalue weighted by molar-refractivity contribution is 5.92. The van der Waals surface area contributed by atoms with E-state index in [9.17, 15) is 9.59 Å². The quantitative estimate of drug-likeness (QED) is 0.893. The Kier molecular flexibility index (Phi) is 5.28. The third kappa shape index (κ3) is 4.97. The average Bonchev–Trinajstić information content (AvgIpc) is 2.97. The molecule has 0 radical (unpaired) electrons. The molecule has 1 aromatic heterocycles. The monoisotopic (exact) mass is 322 g/mol. The van der Waals surface area contributed by atoms with E-state index >= 15 is 0 Å². The van der Waals surface area contributed by atoms with E-state index in [0.717, 1.165) is 12.8 Å². The van der Waals surface area contributed by atoms with Crippen molar-refractivity contribution >= 4 is 12.0 Å². The molecule has 0 spiro atoms. The van der Waals surface area contributed by atoms with Crippen LogP contribution in [0.2, 0.25) is 0 Å². The highest BCUT2D eigenvalue weighted by Gasteiger charge is 2.31. The van der Waals surface area contributed by atoms with E-state index in [1.807, 2.05) is 25.7 Å². The van der Waals surface area contributed by atoms with Crippen LogP contribution in [0.25, 0.3) is 0 Å². The van der Waals surface area contributed by atoms with Crippen molar-refractivity contribution in [1.29, 1.82) is 0 Å². The van der Waals surface area contributed by atoms with Crippen LogP contribution in [-0.2, 0) is 4.74 Å². The van der Waals surface area contributed by atoms with Gasteiger partial charge in [0.25, 0.3) is 5.91 Å². The number of carbonyl (C=O) groups excluding carboxylic acids is 2. The van der Waals surface area contributed by atoms with Gasteiger partial charge in [0.2, 0.25) is 0 Å². The first kappa shape index (κ1) is 17.3. The molecule has 7 heteroatoms. The summed E-state index contributed by atoms with van der Waals surface area (Å²) < 4.78 is 5.25. The van der Waals surface area contributed by atoms with Gasteiger partial charge in [-0.3, -0.25) is 9.89 Å². The molecule has 0 aliphatic carbocycles. The molecule has 2 rings (SSSR count). The van der Waals surface area contributed by atoms with Crippen molar-refractivity contribution < 1.29 is 14.3 Å². The summed E-state index contributed by atoms with van der Waals surface area (Å²) in [6.07, 6.45) is 2.93. The van der Waals surface area contributed by atoms with E-state index in [1.54, 1.807) is 12.3 Å². The number of aromatic nitrogens is 2. The smallest absolute Gasteiger partial charge is 0.407 e. The summed E-state index contributed by atoms with van der Waals surface area (Å²) in [5.41, 5.74) is -0.0585. The zero-order valence-corrected chi connectivity index (χ0v) is 14.3. The van der Waals surface area contributed by atoms with Gasteiger partial charge in [-0.1, -0.05) is 6.92 Å². The normalized spacial score (nSPS) is 21.8. The van der Waals surface area contributed by atoms with Crippen LogP contribution in [0.4, 0.5) is 4.79 Å². The molecular formula is C16H26N4O3. The Morgan fingerprint density at radius 3 is 2.83 bits per heavy atom. The fraction of sp³-hybridized carbons (Fsp3) is 0.688. The number of likely N-dealkylation sites (tertiary alicyclic amines) is 1. The van der Waals surface area contributed by atoms with E-state index < -0.39 is 11.7 Å². The predicted molar refractivity (Wildman–Crippen MR) is 86.0 cm³/mol. The Morgan fingerprint density at radius 2 is 2.22 bits per heavy atom. The van der Waals surface area contributed by atoms with Gasteiger partial charge in [-0.05, 0) is 45.6 Å². The van der Waals surface area contributed by atoms with E-state index in [-0.39, 0.29) is 11.9 Å². The summed E-state index contributed by atoms with van der Waals surface area (Å²) in [7, 11) is 0. The summed E-state index contributed by atoms with van der Waals surface area (Å²) >= 11 is 0. The van der Waals surface area contributed by atoms with Crippen LogP contribution in [0.15, 0.2) is 12.3 Å². The Bertz CT molecular complexity index is 536. The standard InChI is InChI=1S/C16H26N4O3/c1-11-6-8-20(14(21)13-5-7-18-19-13)12(9-11)10-17-15(22)23-16(2,3)4/h5,7,11-12H,6,8-10H2,1-4H3,(H,17,22)(H,18,19)/t11-,12-/m1/s1. The molecule has 2 N–H and O–H groups in total. The van der Waals surface area contributed by atoms with Crippen LogP contribution < -0.4 is 5.32 Å². The molecule has 1 aromatic rings. The molecule has 2 heterocycles. The lowest BCUT2D eigenvalue weighted by Crippen LogP contribution is -2.51. The molecule has 1 saturated heterocycles. The first-order valence-electron chi connectivity index (χ1n) is 8.03. The largest absolute Gasteiger partial charge is 0.444 e. The van der Waals surface area contributed by atoms with Crippen molar-refractivity contribution in [3.8, 4) is 0 Å². The summed E-state index contributed by atoms with van der Waals surface area (Å²) in [4.78, 5) is 26.2. The lowest BCUT2D eigenvalue weighted by molar-refractivity contribution is 0.0434. The van der Waals surface area contributed by atoms with Crippen LogP contribution in [0.3, 0.4) is 0 Å². The van der Waals surface area contributed by atoms with Gasteiger partial charge in [-0.15, -0.1) is 0 Å². The minimum Gasteiger partial charge on any atom is -0.444 e. The van der Waals surface area contributed by atoms with Crippen molar-refractivity contribution in [3.05, 3.63) is 18.0 Å². The Morgan fingerprint density at radius 1 is 1.48 bits per heavy atom. The second kappa shape index (κ2) is 7.02. The number of alkyl carbamates (subject to hydrolysis) is 1. The molecule has 2 atom stereocenters. The summed E-state index contributed by atoms with van der Waals surface area (Å²) in [5.74, 6) is 0.441. The predicted octanol–water partition coefficient (Wildman–Crippen LogP) is 2.18. The van der Waals surface area contributed by atoms with Crippen molar-refractivity contribution in [2.24, 2.45) is 5.92 Å². The van der Waals surface area contributed by atoms with Crippen LogP contribution in [0.1, 0.15) is 51.0 Å². The number of nitrogens with one attached hydrogen (secondary N) is 2. The van der Waals surface area contributed by atoms with Gasteiger partial charge in [0.05, 0.1) is 0 Å². The molecule has 1 fully saturated rings. The SMILES string of the molecule is C[C@@H]1CCN(C(=O)c2ccn[nH]2)[C@@H](CNC(=O)OC(C)(C)C)C1. The van der Waals surface area contributed by atoms with Crippen molar-refractivity contribution in [1.82, 2.24) is 20.4 Å². The van der Waals surface area contributed by atoms with Crippen LogP contribution >= 0.6 is 0 Å². The maximum Gasteiger partial charge on any atom is 0.407 e. The highest BCUT2D eigenvalue weighted by Crippen LogP contribution is 2.23. The molecule has 2 amide bonds. The number of H-pyrrole nitrogens is 1. The number of rotatable bonds is 3.